The highest BCUT2D eigenvalue weighted by Gasteiger charge is 2.15. The summed E-state index contributed by atoms with van der Waals surface area (Å²) in [7, 11) is -0.992. The van der Waals surface area contributed by atoms with Gasteiger partial charge in [0.05, 0.1) is 0 Å². The van der Waals surface area contributed by atoms with E-state index >= 15 is 0 Å². The van der Waals surface area contributed by atoms with Crippen molar-refractivity contribution in [2.45, 2.75) is 18.7 Å². The molecule has 2 atom stereocenters. The first kappa shape index (κ1) is 15.7. The van der Waals surface area contributed by atoms with Crippen LogP contribution in [0.15, 0.2) is 36.7 Å². The number of nitrogens with one attached hydrogen (secondary N) is 1. The van der Waals surface area contributed by atoms with E-state index in [9.17, 15) is 9.00 Å². The topological polar surface area (TPSA) is 64.0 Å². The Morgan fingerprint density at radius 2 is 2.29 bits per heavy atom. The quantitative estimate of drug-likeness (QED) is 0.919. The van der Waals surface area contributed by atoms with E-state index in [4.69, 9.17) is 11.6 Å². The largest absolute Gasteiger partial charge is 0.324 e. The third-order valence-electron chi connectivity index (χ3n) is 2.97. The molecule has 1 aromatic carbocycles. The van der Waals surface area contributed by atoms with Crippen molar-refractivity contribution in [3.05, 3.63) is 47.2 Å². The molecule has 2 unspecified atom stereocenters. The lowest BCUT2D eigenvalue weighted by Gasteiger charge is -2.13. The fraction of sp³-hybridized carbons (Fsp3) is 0.286. The summed E-state index contributed by atoms with van der Waals surface area (Å²) in [5.74, 6) is 0.182. The molecule has 1 N–H and O–H groups in total. The molecule has 5 nitrogen and oxygen atoms in total. The van der Waals surface area contributed by atoms with Crippen molar-refractivity contribution >= 4 is 34.0 Å². The smallest absolute Gasteiger partial charge is 0.248 e. The molecule has 21 heavy (non-hydrogen) atoms. The number of benzene rings is 1. The Morgan fingerprint density at radius 1 is 1.52 bits per heavy atom. The molecule has 2 rings (SSSR count). The third-order valence-corrected chi connectivity index (χ3v) is 4.06. The van der Waals surface area contributed by atoms with Crippen molar-refractivity contribution in [3.63, 3.8) is 0 Å². The second-order valence-electron chi connectivity index (χ2n) is 4.68. The molecule has 0 aliphatic carbocycles. The van der Waals surface area contributed by atoms with Gasteiger partial charge in [-0.1, -0.05) is 11.6 Å². The lowest BCUT2D eigenvalue weighted by molar-refractivity contribution is -0.119. The maximum atomic E-state index is 12.2. The lowest BCUT2D eigenvalue weighted by Crippen LogP contribution is -2.24. The van der Waals surface area contributed by atoms with E-state index in [1.807, 2.05) is 0 Å². The van der Waals surface area contributed by atoms with E-state index < -0.39 is 16.8 Å². The highest BCUT2D eigenvalue weighted by molar-refractivity contribution is 7.83. The summed E-state index contributed by atoms with van der Waals surface area (Å²) in [5.41, 5.74) is 1.38. The van der Waals surface area contributed by atoms with Crippen LogP contribution in [0.2, 0.25) is 5.02 Å². The normalized spacial score (nSPS) is 13.7. The van der Waals surface area contributed by atoms with Crippen LogP contribution < -0.4 is 5.32 Å². The van der Waals surface area contributed by atoms with Crippen LogP contribution in [0.4, 0.5) is 5.69 Å². The van der Waals surface area contributed by atoms with Crippen LogP contribution in [0.1, 0.15) is 18.5 Å². The van der Waals surface area contributed by atoms with E-state index in [0.717, 1.165) is 5.56 Å². The zero-order valence-corrected chi connectivity index (χ0v) is 13.3. The molecule has 1 amide bonds. The maximum Gasteiger partial charge on any atom is 0.248 e. The van der Waals surface area contributed by atoms with Crippen LogP contribution in [0.5, 0.6) is 0 Å². The van der Waals surface area contributed by atoms with Crippen molar-refractivity contribution in [2.75, 3.05) is 11.6 Å². The molecule has 0 saturated carbocycles. The Morgan fingerprint density at radius 3 is 2.90 bits per heavy atom. The Hall–Kier alpha value is -1.66. The number of rotatable bonds is 5. The van der Waals surface area contributed by atoms with Gasteiger partial charge in [0, 0.05) is 45.9 Å². The van der Waals surface area contributed by atoms with Gasteiger partial charge in [-0.3, -0.25) is 13.7 Å². The van der Waals surface area contributed by atoms with Gasteiger partial charge in [0.1, 0.15) is 6.04 Å². The molecule has 0 aliphatic heterocycles. The molecule has 1 aromatic heterocycles. The van der Waals surface area contributed by atoms with E-state index in [1.54, 1.807) is 54.5 Å². The van der Waals surface area contributed by atoms with Gasteiger partial charge >= 0.3 is 0 Å². The van der Waals surface area contributed by atoms with Gasteiger partial charge in [0.25, 0.3) is 0 Å². The molecule has 1 heterocycles. The first-order valence-electron chi connectivity index (χ1n) is 6.36. The SMILES string of the molecule is CC(C(=O)Nc1ccc(Cl)c(CS(C)=O)c1)n1cccn1. The Balaban J connectivity index is 2.12. The average Bonchev–Trinajstić information content (AvgIpc) is 2.95. The van der Waals surface area contributed by atoms with Crippen LogP contribution in [0, 0.1) is 0 Å². The Bertz CT molecular complexity index is 658. The van der Waals surface area contributed by atoms with E-state index in [1.165, 1.54) is 0 Å². The van der Waals surface area contributed by atoms with Gasteiger partial charge in [-0.15, -0.1) is 0 Å². The summed E-state index contributed by atoms with van der Waals surface area (Å²) in [5, 5.41) is 7.40. The van der Waals surface area contributed by atoms with Crippen LogP contribution in [-0.2, 0) is 21.3 Å². The Kier molecular flexibility index (Phi) is 5.14. The average molecular weight is 326 g/mol. The van der Waals surface area contributed by atoms with Gasteiger partial charge in [0.2, 0.25) is 5.91 Å². The van der Waals surface area contributed by atoms with Crippen LogP contribution in [0.3, 0.4) is 0 Å². The van der Waals surface area contributed by atoms with Crippen molar-refractivity contribution in [1.82, 2.24) is 9.78 Å². The number of carbonyl (C=O) groups is 1. The second kappa shape index (κ2) is 6.87. The molecule has 0 fully saturated rings. The number of amides is 1. The number of anilines is 1. The predicted octanol–water partition coefficient (Wildman–Crippen LogP) is 2.61. The molecule has 7 heteroatoms. The number of hydrogen-bond donors (Lipinski definition) is 1. The molecule has 0 aliphatic rings. The second-order valence-corrected chi connectivity index (χ2v) is 6.52. The predicted molar refractivity (Wildman–Crippen MR) is 84.8 cm³/mol. The molecule has 2 aromatic rings. The fourth-order valence-corrected chi connectivity index (χ4v) is 2.80. The zero-order chi connectivity index (χ0) is 15.4. The van der Waals surface area contributed by atoms with E-state index in [0.29, 0.717) is 16.5 Å². The minimum Gasteiger partial charge on any atom is -0.324 e. The number of nitrogens with zero attached hydrogens (tertiary/aromatic N) is 2. The summed E-state index contributed by atoms with van der Waals surface area (Å²) < 4.78 is 12.9. The van der Waals surface area contributed by atoms with Gasteiger partial charge in [-0.05, 0) is 36.8 Å². The Labute approximate surface area is 130 Å². The zero-order valence-electron chi connectivity index (χ0n) is 11.7. The molecule has 112 valence electrons. The molecular formula is C14H16ClN3O2S. The highest BCUT2D eigenvalue weighted by Crippen LogP contribution is 2.22. The summed E-state index contributed by atoms with van der Waals surface area (Å²) in [4.78, 5) is 12.2. The minimum absolute atomic E-state index is 0.176. The summed E-state index contributed by atoms with van der Waals surface area (Å²) in [6.07, 6.45) is 4.97. The van der Waals surface area contributed by atoms with Crippen molar-refractivity contribution in [1.29, 1.82) is 0 Å². The number of halogens is 1. The summed E-state index contributed by atoms with van der Waals surface area (Å²) in [6.45, 7) is 1.76. The molecular weight excluding hydrogens is 310 g/mol. The van der Waals surface area contributed by atoms with Gasteiger partial charge in [0.15, 0.2) is 0 Å². The monoisotopic (exact) mass is 325 g/mol. The molecule has 0 spiro atoms. The third kappa shape index (κ3) is 4.15. The van der Waals surface area contributed by atoms with Crippen LogP contribution >= 0.6 is 11.6 Å². The summed E-state index contributed by atoms with van der Waals surface area (Å²) >= 11 is 6.06. The molecule has 0 saturated heterocycles. The minimum atomic E-state index is -0.992. The van der Waals surface area contributed by atoms with Crippen molar-refractivity contribution in [3.8, 4) is 0 Å². The standard InChI is InChI=1S/C14H16ClN3O2S/c1-10(18-7-3-6-16-18)14(19)17-12-4-5-13(15)11(8-12)9-21(2)20/h3-8,10H,9H2,1-2H3,(H,17,19). The van der Waals surface area contributed by atoms with E-state index in [-0.39, 0.29) is 5.91 Å². The van der Waals surface area contributed by atoms with E-state index in [2.05, 4.69) is 10.4 Å². The number of carbonyl (C=O) groups excluding carboxylic acids is 1. The van der Waals surface area contributed by atoms with Crippen LogP contribution in [0.25, 0.3) is 0 Å². The number of aromatic nitrogens is 2. The molecule has 0 bridgehead atoms. The van der Waals surface area contributed by atoms with Gasteiger partial charge in [-0.2, -0.15) is 5.10 Å². The number of hydrogen-bond acceptors (Lipinski definition) is 3. The van der Waals surface area contributed by atoms with Crippen molar-refractivity contribution in [2.24, 2.45) is 0 Å². The maximum absolute atomic E-state index is 12.2. The fourth-order valence-electron chi connectivity index (χ4n) is 1.86. The van der Waals surface area contributed by atoms with Gasteiger partial charge in [-0.25, -0.2) is 0 Å². The molecule has 0 radical (unpaired) electrons. The first-order chi connectivity index (χ1) is 9.97. The highest BCUT2D eigenvalue weighted by atomic mass is 35.5. The lowest BCUT2D eigenvalue weighted by atomic mass is 10.2. The first-order valence-corrected chi connectivity index (χ1v) is 8.46. The van der Waals surface area contributed by atoms with Crippen LogP contribution in [-0.4, -0.2) is 26.2 Å². The van der Waals surface area contributed by atoms with Gasteiger partial charge < -0.3 is 5.32 Å². The van der Waals surface area contributed by atoms with Crippen molar-refractivity contribution < 1.29 is 9.00 Å². The summed E-state index contributed by atoms with van der Waals surface area (Å²) in [6, 6.07) is 6.51.